The molecule has 0 spiro atoms. The molecule has 5 heteroatoms. The van der Waals surface area contributed by atoms with Crippen molar-refractivity contribution in [2.75, 3.05) is 0 Å². The number of carbonyl (C=O) groups is 1. The highest BCUT2D eigenvalue weighted by molar-refractivity contribution is 9.10. The van der Waals surface area contributed by atoms with Crippen molar-refractivity contribution in [1.29, 1.82) is 0 Å². The number of benzene rings is 2. The summed E-state index contributed by atoms with van der Waals surface area (Å²) >= 11 is 3.22. The quantitative estimate of drug-likeness (QED) is 0.905. The fourth-order valence-electron chi connectivity index (χ4n) is 1.56. The number of ether oxygens (including phenoxy) is 1. The van der Waals surface area contributed by atoms with Crippen LogP contribution in [0.3, 0.4) is 0 Å². The molecule has 0 saturated heterocycles. The maximum absolute atomic E-state index is 10.8. The highest BCUT2D eigenvalue weighted by Crippen LogP contribution is 2.32. The molecule has 98 valence electrons. The lowest BCUT2D eigenvalue weighted by Gasteiger charge is -2.10. The van der Waals surface area contributed by atoms with Gasteiger partial charge in [-0.25, -0.2) is 4.79 Å². The standard InChI is InChI=1S/C14H11BrO4/c15-11-6-10(14(17)18)12(16)7-13(11)19-8-9-4-2-1-3-5-9/h1-7,16H,8H2,(H,17,18). The maximum Gasteiger partial charge on any atom is 0.339 e. The number of aromatic carboxylic acids is 1. The zero-order valence-corrected chi connectivity index (χ0v) is 11.4. The SMILES string of the molecule is O=C(O)c1cc(Br)c(OCc2ccccc2)cc1O. The Labute approximate surface area is 118 Å². The van der Waals surface area contributed by atoms with Gasteiger partial charge in [0.25, 0.3) is 0 Å². The average Bonchev–Trinajstić information content (AvgIpc) is 2.40. The molecule has 0 aliphatic carbocycles. The molecule has 0 heterocycles. The predicted octanol–water partition coefficient (Wildman–Crippen LogP) is 3.43. The van der Waals surface area contributed by atoms with Gasteiger partial charge in [-0.1, -0.05) is 30.3 Å². The van der Waals surface area contributed by atoms with E-state index in [4.69, 9.17) is 9.84 Å². The molecule has 2 aromatic rings. The summed E-state index contributed by atoms with van der Waals surface area (Å²) in [6.07, 6.45) is 0. The Kier molecular flexibility index (Phi) is 4.06. The van der Waals surface area contributed by atoms with E-state index in [9.17, 15) is 9.90 Å². The van der Waals surface area contributed by atoms with Gasteiger partial charge in [0, 0.05) is 6.07 Å². The molecule has 0 amide bonds. The van der Waals surface area contributed by atoms with Crippen molar-refractivity contribution in [2.45, 2.75) is 6.61 Å². The minimum Gasteiger partial charge on any atom is -0.507 e. The minimum absolute atomic E-state index is 0.168. The van der Waals surface area contributed by atoms with Crippen LogP contribution in [-0.4, -0.2) is 16.2 Å². The Hall–Kier alpha value is -2.01. The van der Waals surface area contributed by atoms with Crippen molar-refractivity contribution in [2.24, 2.45) is 0 Å². The van der Waals surface area contributed by atoms with Gasteiger partial charge in [-0.3, -0.25) is 0 Å². The summed E-state index contributed by atoms with van der Waals surface area (Å²) in [5.41, 5.74) is 0.815. The summed E-state index contributed by atoms with van der Waals surface area (Å²) < 4.78 is 6.02. The lowest BCUT2D eigenvalue weighted by Crippen LogP contribution is -2.00. The number of hydrogen-bond donors (Lipinski definition) is 2. The lowest BCUT2D eigenvalue weighted by atomic mass is 10.2. The van der Waals surface area contributed by atoms with Crippen LogP contribution in [0.1, 0.15) is 15.9 Å². The largest absolute Gasteiger partial charge is 0.507 e. The Morgan fingerprint density at radius 3 is 2.53 bits per heavy atom. The van der Waals surface area contributed by atoms with E-state index in [0.29, 0.717) is 16.8 Å². The van der Waals surface area contributed by atoms with Crippen molar-refractivity contribution in [3.63, 3.8) is 0 Å². The topological polar surface area (TPSA) is 66.8 Å². The first-order valence-corrected chi connectivity index (χ1v) is 6.30. The van der Waals surface area contributed by atoms with E-state index in [-0.39, 0.29) is 11.3 Å². The van der Waals surface area contributed by atoms with Crippen LogP contribution in [0, 0.1) is 0 Å². The number of rotatable bonds is 4. The van der Waals surface area contributed by atoms with Gasteiger partial charge in [0.2, 0.25) is 0 Å². The summed E-state index contributed by atoms with van der Waals surface area (Å²) in [5.74, 6) is -1.11. The zero-order valence-electron chi connectivity index (χ0n) is 9.84. The van der Waals surface area contributed by atoms with Gasteiger partial charge >= 0.3 is 5.97 Å². The van der Waals surface area contributed by atoms with Gasteiger partial charge < -0.3 is 14.9 Å². The summed E-state index contributed by atoms with van der Waals surface area (Å²) in [6, 6.07) is 12.2. The van der Waals surface area contributed by atoms with Crippen molar-refractivity contribution < 1.29 is 19.7 Å². The molecule has 0 radical (unpaired) electrons. The molecule has 0 aliphatic heterocycles. The summed E-state index contributed by atoms with van der Waals surface area (Å²) in [7, 11) is 0. The molecule has 4 nitrogen and oxygen atoms in total. The van der Waals surface area contributed by atoms with Crippen LogP contribution < -0.4 is 4.74 Å². The smallest absolute Gasteiger partial charge is 0.339 e. The number of halogens is 1. The lowest BCUT2D eigenvalue weighted by molar-refractivity contribution is 0.0693. The summed E-state index contributed by atoms with van der Waals surface area (Å²) in [5, 5.41) is 18.5. The number of hydrogen-bond acceptors (Lipinski definition) is 3. The highest BCUT2D eigenvalue weighted by Gasteiger charge is 2.14. The first kappa shape index (κ1) is 13.4. The highest BCUT2D eigenvalue weighted by atomic mass is 79.9. The van der Waals surface area contributed by atoms with E-state index in [1.165, 1.54) is 12.1 Å². The molecule has 0 unspecified atom stereocenters. The van der Waals surface area contributed by atoms with Gasteiger partial charge in [-0.2, -0.15) is 0 Å². The van der Waals surface area contributed by atoms with Gasteiger partial charge in [-0.15, -0.1) is 0 Å². The molecule has 2 rings (SSSR count). The summed E-state index contributed by atoms with van der Waals surface area (Å²) in [4.78, 5) is 10.8. The van der Waals surface area contributed by atoms with E-state index >= 15 is 0 Å². The number of aromatic hydroxyl groups is 1. The van der Waals surface area contributed by atoms with Crippen molar-refractivity contribution >= 4 is 21.9 Å². The minimum atomic E-state index is -1.19. The van der Waals surface area contributed by atoms with Crippen LogP contribution in [0.2, 0.25) is 0 Å². The third-order valence-electron chi connectivity index (χ3n) is 2.52. The second-order valence-corrected chi connectivity index (χ2v) is 4.73. The van der Waals surface area contributed by atoms with E-state index in [0.717, 1.165) is 5.56 Å². The van der Waals surface area contributed by atoms with E-state index in [1.54, 1.807) is 0 Å². The maximum atomic E-state index is 10.8. The van der Waals surface area contributed by atoms with Gasteiger partial charge in [0.05, 0.1) is 4.47 Å². The number of carboxylic acid groups (broad SMARTS) is 1. The number of carboxylic acids is 1. The first-order chi connectivity index (χ1) is 9.08. The van der Waals surface area contributed by atoms with Crippen LogP contribution >= 0.6 is 15.9 Å². The van der Waals surface area contributed by atoms with Crippen molar-refractivity contribution in [3.8, 4) is 11.5 Å². The molecule has 0 aliphatic rings. The second-order valence-electron chi connectivity index (χ2n) is 3.88. The van der Waals surface area contributed by atoms with Gasteiger partial charge in [-0.05, 0) is 27.6 Å². The van der Waals surface area contributed by atoms with Gasteiger partial charge in [0.1, 0.15) is 23.7 Å². The molecular weight excluding hydrogens is 312 g/mol. The second kappa shape index (κ2) is 5.75. The van der Waals surface area contributed by atoms with Crippen LogP contribution in [0.5, 0.6) is 11.5 Å². The molecule has 0 aromatic heterocycles. The molecule has 0 atom stereocenters. The normalized spacial score (nSPS) is 10.2. The molecule has 2 aromatic carbocycles. The van der Waals surface area contributed by atoms with Crippen LogP contribution in [0.25, 0.3) is 0 Å². The number of phenols is 1. The Bertz CT molecular complexity index is 596. The molecule has 0 bridgehead atoms. The van der Waals surface area contributed by atoms with E-state index < -0.39 is 5.97 Å². The third-order valence-corrected chi connectivity index (χ3v) is 3.14. The Morgan fingerprint density at radius 2 is 1.89 bits per heavy atom. The Balaban J connectivity index is 2.17. The molecule has 0 fully saturated rings. The van der Waals surface area contributed by atoms with Crippen LogP contribution in [0.4, 0.5) is 0 Å². The van der Waals surface area contributed by atoms with Gasteiger partial charge in [0.15, 0.2) is 0 Å². The Morgan fingerprint density at radius 1 is 1.21 bits per heavy atom. The van der Waals surface area contributed by atoms with Crippen molar-refractivity contribution in [1.82, 2.24) is 0 Å². The average molecular weight is 323 g/mol. The fraction of sp³-hybridized carbons (Fsp3) is 0.0714. The third kappa shape index (κ3) is 3.26. The molecule has 0 saturated carbocycles. The van der Waals surface area contributed by atoms with Crippen molar-refractivity contribution in [3.05, 3.63) is 58.1 Å². The first-order valence-electron chi connectivity index (χ1n) is 5.50. The molecular formula is C14H11BrO4. The monoisotopic (exact) mass is 322 g/mol. The van der Waals surface area contributed by atoms with E-state index in [1.807, 2.05) is 30.3 Å². The molecule has 2 N–H and O–H groups in total. The van der Waals surface area contributed by atoms with E-state index in [2.05, 4.69) is 15.9 Å². The predicted molar refractivity (Wildman–Crippen MR) is 73.5 cm³/mol. The molecule has 19 heavy (non-hydrogen) atoms. The summed E-state index contributed by atoms with van der Waals surface area (Å²) in [6.45, 7) is 0.339. The van der Waals surface area contributed by atoms with Crippen LogP contribution in [-0.2, 0) is 6.61 Å². The zero-order chi connectivity index (χ0) is 13.8. The van der Waals surface area contributed by atoms with Crippen LogP contribution in [0.15, 0.2) is 46.9 Å². The fourth-order valence-corrected chi connectivity index (χ4v) is 2.02.